The number of hydrogen-bond donors (Lipinski definition) is 1. The average molecular weight is 314 g/mol. The van der Waals surface area contributed by atoms with Gasteiger partial charge in [-0.25, -0.2) is 0 Å². The van der Waals surface area contributed by atoms with Crippen LogP contribution in [-0.4, -0.2) is 51.6 Å². The van der Waals surface area contributed by atoms with Crippen LogP contribution in [0.3, 0.4) is 0 Å². The van der Waals surface area contributed by atoms with Gasteiger partial charge in [-0.3, -0.25) is 9.39 Å². The van der Waals surface area contributed by atoms with Crippen LogP contribution in [0.2, 0.25) is 0 Å². The van der Waals surface area contributed by atoms with E-state index in [2.05, 4.69) is 34.3 Å². The monoisotopic (exact) mass is 314 g/mol. The van der Waals surface area contributed by atoms with Crippen LogP contribution in [0.15, 0.2) is 29.4 Å². The van der Waals surface area contributed by atoms with Gasteiger partial charge in [0.1, 0.15) is 5.82 Å². The highest BCUT2D eigenvalue weighted by molar-refractivity contribution is 5.80. The summed E-state index contributed by atoms with van der Waals surface area (Å²) < 4.78 is 2.03. The molecule has 1 atom stereocenters. The van der Waals surface area contributed by atoms with Crippen LogP contribution >= 0.6 is 0 Å². The maximum Gasteiger partial charge on any atom is 0.193 e. The SMILES string of the molecule is CCNC(=NCCc1nnc2ccccn12)N1CCCC(C)C1. The second kappa shape index (κ2) is 7.44. The van der Waals surface area contributed by atoms with Crippen molar-refractivity contribution >= 4 is 11.6 Å². The number of guanidine groups is 1. The van der Waals surface area contributed by atoms with Crippen LogP contribution in [0.5, 0.6) is 0 Å². The lowest BCUT2D eigenvalue weighted by atomic mass is 10.0. The van der Waals surface area contributed by atoms with E-state index in [0.717, 1.165) is 55.9 Å². The van der Waals surface area contributed by atoms with Gasteiger partial charge in [-0.15, -0.1) is 10.2 Å². The normalized spacial score (nSPS) is 19.3. The van der Waals surface area contributed by atoms with Gasteiger partial charge in [0.15, 0.2) is 11.6 Å². The van der Waals surface area contributed by atoms with Crippen molar-refractivity contribution < 1.29 is 0 Å². The molecule has 0 saturated carbocycles. The van der Waals surface area contributed by atoms with E-state index in [-0.39, 0.29) is 0 Å². The Labute approximate surface area is 137 Å². The first-order valence-electron chi connectivity index (χ1n) is 8.60. The highest BCUT2D eigenvalue weighted by Gasteiger charge is 2.19. The molecule has 3 heterocycles. The van der Waals surface area contributed by atoms with Crippen LogP contribution in [0.4, 0.5) is 0 Å². The second-order valence-electron chi connectivity index (χ2n) is 6.22. The van der Waals surface area contributed by atoms with Gasteiger partial charge in [0.2, 0.25) is 0 Å². The molecule has 2 aromatic heterocycles. The van der Waals surface area contributed by atoms with E-state index < -0.39 is 0 Å². The smallest absolute Gasteiger partial charge is 0.193 e. The highest BCUT2D eigenvalue weighted by atomic mass is 15.3. The first-order valence-corrected chi connectivity index (χ1v) is 8.60. The molecule has 1 aliphatic heterocycles. The van der Waals surface area contributed by atoms with Gasteiger partial charge in [0.25, 0.3) is 0 Å². The molecule has 1 fully saturated rings. The largest absolute Gasteiger partial charge is 0.357 e. The lowest BCUT2D eigenvalue weighted by Gasteiger charge is -2.33. The number of rotatable bonds is 4. The number of likely N-dealkylation sites (tertiary alicyclic amines) is 1. The van der Waals surface area contributed by atoms with E-state index in [9.17, 15) is 0 Å². The molecule has 3 rings (SSSR count). The third kappa shape index (κ3) is 3.81. The zero-order chi connectivity index (χ0) is 16.1. The first-order chi connectivity index (χ1) is 11.3. The van der Waals surface area contributed by atoms with E-state index in [1.807, 2.05) is 28.8 Å². The topological polar surface area (TPSA) is 57.8 Å². The highest BCUT2D eigenvalue weighted by Crippen LogP contribution is 2.15. The predicted molar refractivity (Wildman–Crippen MR) is 92.6 cm³/mol. The summed E-state index contributed by atoms with van der Waals surface area (Å²) >= 11 is 0. The van der Waals surface area contributed by atoms with Crippen molar-refractivity contribution in [2.75, 3.05) is 26.2 Å². The van der Waals surface area contributed by atoms with Gasteiger partial charge in [-0.2, -0.15) is 0 Å². The Kier molecular flexibility index (Phi) is 5.10. The van der Waals surface area contributed by atoms with Crippen molar-refractivity contribution in [2.45, 2.75) is 33.1 Å². The third-order valence-corrected chi connectivity index (χ3v) is 4.27. The molecule has 0 aromatic carbocycles. The van der Waals surface area contributed by atoms with E-state index in [1.54, 1.807) is 0 Å². The number of aliphatic imine (C=N–C) groups is 1. The summed E-state index contributed by atoms with van der Waals surface area (Å²) in [5, 5.41) is 11.9. The molecular formula is C17H26N6. The van der Waals surface area contributed by atoms with Crippen LogP contribution in [-0.2, 0) is 6.42 Å². The standard InChI is InChI=1S/C17H26N6/c1-3-18-17(22-11-6-7-14(2)13-22)19-10-9-16-21-20-15-8-4-5-12-23(15)16/h4-5,8,12,14H,3,6-7,9-11,13H2,1-2H3,(H,18,19). The number of pyridine rings is 1. The summed E-state index contributed by atoms with van der Waals surface area (Å²) in [6, 6.07) is 5.95. The number of nitrogens with one attached hydrogen (secondary N) is 1. The summed E-state index contributed by atoms with van der Waals surface area (Å²) in [7, 11) is 0. The zero-order valence-corrected chi connectivity index (χ0v) is 14.1. The summed E-state index contributed by atoms with van der Waals surface area (Å²) in [5.41, 5.74) is 0.892. The lowest BCUT2D eigenvalue weighted by Crippen LogP contribution is -2.46. The number of hydrogen-bond acceptors (Lipinski definition) is 3. The molecule has 2 aromatic rings. The molecule has 6 heteroatoms. The van der Waals surface area contributed by atoms with Gasteiger partial charge < -0.3 is 10.2 Å². The van der Waals surface area contributed by atoms with Crippen molar-refractivity contribution in [2.24, 2.45) is 10.9 Å². The van der Waals surface area contributed by atoms with Crippen molar-refractivity contribution in [1.82, 2.24) is 24.8 Å². The number of aromatic nitrogens is 3. The Morgan fingerprint density at radius 2 is 2.30 bits per heavy atom. The van der Waals surface area contributed by atoms with Crippen LogP contribution in [0.25, 0.3) is 5.65 Å². The zero-order valence-electron chi connectivity index (χ0n) is 14.1. The Morgan fingerprint density at radius 3 is 3.13 bits per heavy atom. The molecule has 1 saturated heterocycles. The lowest BCUT2D eigenvalue weighted by molar-refractivity contribution is 0.266. The molecule has 0 spiro atoms. The maximum atomic E-state index is 4.80. The number of piperidine rings is 1. The molecule has 0 aliphatic carbocycles. The van der Waals surface area contributed by atoms with E-state index >= 15 is 0 Å². The van der Waals surface area contributed by atoms with Gasteiger partial charge in [0, 0.05) is 38.8 Å². The molecule has 6 nitrogen and oxygen atoms in total. The average Bonchev–Trinajstić information content (AvgIpc) is 2.97. The molecule has 1 unspecified atom stereocenters. The van der Waals surface area contributed by atoms with Crippen molar-refractivity contribution in [1.29, 1.82) is 0 Å². The quantitative estimate of drug-likeness (QED) is 0.692. The van der Waals surface area contributed by atoms with Gasteiger partial charge in [-0.05, 0) is 37.8 Å². The summed E-state index contributed by atoms with van der Waals surface area (Å²) in [5.74, 6) is 2.74. The Bertz CT molecular complexity index is 662. The van der Waals surface area contributed by atoms with E-state index in [0.29, 0.717) is 0 Å². The van der Waals surface area contributed by atoms with Crippen LogP contribution in [0.1, 0.15) is 32.5 Å². The molecule has 23 heavy (non-hydrogen) atoms. The molecule has 124 valence electrons. The third-order valence-electron chi connectivity index (χ3n) is 4.27. The van der Waals surface area contributed by atoms with Crippen molar-refractivity contribution in [3.05, 3.63) is 30.2 Å². The second-order valence-corrected chi connectivity index (χ2v) is 6.22. The Morgan fingerprint density at radius 1 is 1.39 bits per heavy atom. The fourth-order valence-electron chi connectivity index (χ4n) is 3.13. The van der Waals surface area contributed by atoms with Gasteiger partial charge in [-0.1, -0.05) is 13.0 Å². The van der Waals surface area contributed by atoms with Gasteiger partial charge in [0.05, 0.1) is 0 Å². The minimum Gasteiger partial charge on any atom is -0.357 e. The number of nitrogens with zero attached hydrogens (tertiary/aromatic N) is 5. The fourth-order valence-corrected chi connectivity index (χ4v) is 3.13. The maximum absolute atomic E-state index is 4.80. The van der Waals surface area contributed by atoms with Crippen molar-refractivity contribution in [3.63, 3.8) is 0 Å². The first kappa shape index (κ1) is 15.8. The summed E-state index contributed by atoms with van der Waals surface area (Å²) in [6.45, 7) is 8.26. The molecule has 1 aliphatic rings. The predicted octanol–water partition coefficient (Wildman–Crippen LogP) is 1.97. The summed E-state index contributed by atoms with van der Waals surface area (Å²) in [6.07, 6.45) is 5.37. The van der Waals surface area contributed by atoms with Crippen LogP contribution < -0.4 is 5.32 Å². The fraction of sp³-hybridized carbons (Fsp3) is 0.588. The molecule has 1 N–H and O–H groups in total. The minimum absolute atomic E-state index is 0.725. The van der Waals surface area contributed by atoms with Crippen molar-refractivity contribution in [3.8, 4) is 0 Å². The van der Waals surface area contributed by atoms with E-state index in [1.165, 1.54) is 12.8 Å². The van der Waals surface area contributed by atoms with Gasteiger partial charge >= 0.3 is 0 Å². The Hall–Kier alpha value is -2.11. The molecule has 0 radical (unpaired) electrons. The molecular weight excluding hydrogens is 288 g/mol. The minimum atomic E-state index is 0.725. The van der Waals surface area contributed by atoms with Crippen LogP contribution in [0, 0.1) is 5.92 Å². The van der Waals surface area contributed by atoms with E-state index in [4.69, 9.17) is 4.99 Å². The molecule has 0 amide bonds. The Balaban J connectivity index is 1.66. The molecule has 0 bridgehead atoms. The summed E-state index contributed by atoms with van der Waals surface area (Å²) in [4.78, 5) is 7.19. The number of fused-ring (bicyclic) bond motifs is 1.